The van der Waals surface area contributed by atoms with Gasteiger partial charge in [-0.3, -0.25) is 9.52 Å². The van der Waals surface area contributed by atoms with Crippen molar-refractivity contribution in [3.63, 3.8) is 0 Å². The van der Waals surface area contributed by atoms with Gasteiger partial charge in [-0.2, -0.15) is 0 Å². The Morgan fingerprint density at radius 2 is 2.00 bits per heavy atom. The number of carbonyl (C=O) groups excluding carboxylic acids is 1. The van der Waals surface area contributed by atoms with Crippen LogP contribution in [0.5, 0.6) is 0 Å². The molecule has 2 rings (SSSR count). The minimum absolute atomic E-state index is 0.0451. The molecule has 0 radical (unpaired) electrons. The fourth-order valence-corrected chi connectivity index (χ4v) is 3.80. The van der Waals surface area contributed by atoms with E-state index in [-0.39, 0.29) is 10.6 Å². The van der Waals surface area contributed by atoms with Crippen molar-refractivity contribution in [1.29, 1.82) is 0 Å². The maximum Gasteiger partial charge on any atom is 0.350 e. The van der Waals surface area contributed by atoms with Gasteiger partial charge in [0.15, 0.2) is 5.75 Å². The van der Waals surface area contributed by atoms with Crippen LogP contribution in [0.15, 0.2) is 24.3 Å². The number of esters is 1. The van der Waals surface area contributed by atoms with E-state index in [0.717, 1.165) is 11.3 Å². The molecular weight excluding hydrogens is 318 g/mol. The number of carboxylic acid groups (broad SMARTS) is 1. The molecule has 0 aliphatic rings. The lowest BCUT2D eigenvalue weighted by Gasteiger charge is -2.07. The first-order valence-corrected chi connectivity index (χ1v) is 8.13. The van der Waals surface area contributed by atoms with Gasteiger partial charge in [-0.05, 0) is 6.07 Å². The Hall–Kier alpha value is -2.13. The highest BCUT2D eigenvalue weighted by Crippen LogP contribution is 2.36. The lowest BCUT2D eigenvalue weighted by Crippen LogP contribution is -2.23. The summed E-state index contributed by atoms with van der Waals surface area (Å²) in [5.41, 5.74) is 0.0451. The van der Waals surface area contributed by atoms with E-state index in [1.54, 1.807) is 24.3 Å². The van der Waals surface area contributed by atoms with Crippen LogP contribution in [0.25, 0.3) is 10.1 Å². The Bertz CT molecular complexity index is 808. The van der Waals surface area contributed by atoms with Crippen LogP contribution in [-0.4, -0.2) is 38.3 Å². The van der Waals surface area contributed by atoms with E-state index in [4.69, 9.17) is 5.11 Å². The molecule has 0 aliphatic carbocycles. The van der Waals surface area contributed by atoms with Crippen molar-refractivity contribution in [3.8, 4) is 0 Å². The number of hydrogen-bond acceptors (Lipinski definition) is 6. The predicted molar refractivity (Wildman–Crippen MR) is 78.2 cm³/mol. The molecule has 1 aromatic heterocycles. The van der Waals surface area contributed by atoms with E-state index in [1.807, 2.05) is 0 Å². The number of carboxylic acids is 1. The SMILES string of the molecule is COC(=O)c1sc2ccccc2c1NS(=O)(=O)CC(=O)O. The van der Waals surface area contributed by atoms with E-state index in [9.17, 15) is 18.0 Å². The second-order valence-corrected chi connectivity index (χ2v) is 6.82. The van der Waals surface area contributed by atoms with Crippen LogP contribution >= 0.6 is 11.3 Å². The number of rotatable bonds is 5. The normalized spacial score (nSPS) is 11.3. The molecule has 0 spiro atoms. The number of methoxy groups -OCH3 is 1. The van der Waals surface area contributed by atoms with Gasteiger partial charge in [0.2, 0.25) is 10.0 Å². The standard InChI is InChI=1S/C12H11NO6S2/c1-19-12(16)11-10(13-21(17,18)6-9(14)15)7-4-2-3-5-8(7)20-11/h2-5,13H,6H2,1H3,(H,14,15). The maximum atomic E-state index is 11.8. The third kappa shape index (κ3) is 3.31. The summed E-state index contributed by atoms with van der Waals surface area (Å²) in [6.45, 7) is 0. The van der Waals surface area contributed by atoms with Gasteiger partial charge in [0.1, 0.15) is 4.88 Å². The highest BCUT2D eigenvalue weighted by atomic mass is 32.2. The molecule has 0 unspecified atom stereocenters. The van der Waals surface area contributed by atoms with Crippen molar-refractivity contribution in [1.82, 2.24) is 0 Å². The summed E-state index contributed by atoms with van der Waals surface area (Å²) in [7, 11) is -2.93. The largest absolute Gasteiger partial charge is 0.480 e. The third-order valence-electron chi connectivity index (χ3n) is 2.54. The topological polar surface area (TPSA) is 110 Å². The van der Waals surface area contributed by atoms with E-state index >= 15 is 0 Å². The molecule has 0 saturated carbocycles. The summed E-state index contributed by atoms with van der Waals surface area (Å²) < 4.78 is 31.0. The number of ether oxygens (including phenoxy) is 1. The predicted octanol–water partition coefficient (Wildman–Crippen LogP) is 1.51. The first-order chi connectivity index (χ1) is 9.84. The zero-order chi connectivity index (χ0) is 15.6. The second-order valence-electron chi connectivity index (χ2n) is 4.05. The van der Waals surface area contributed by atoms with Crippen molar-refractivity contribution in [3.05, 3.63) is 29.1 Å². The van der Waals surface area contributed by atoms with Crippen molar-refractivity contribution in [2.45, 2.75) is 0 Å². The van der Waals surface area contributed by atoms with Crippen LogP contribution in [0.3, 0.4) is 0 Å². The smallest absolute Gasteiger partial charge is 0.350 e. The van der Waals surface area contributed by atoms with Crippen LogP contribution in [0.4, 0.5) is 5.69 Å². The van der Waals surface area contributed by atoms with Gasteiger partial charge < -0.3 is 9.84 Å². The molecule has 21 heavy (non-hydrogen) atoms. The van der Waals surface area contributed by atoms with Gasteiger partial charge in [0.05, 0.1) is 12.8 Å². The van der Waals surface area contributed by atoms with Crippen molar-refractivity contribution in [2.75, 3.05) is 17.6 Å². The number of nitrogens with one attached hydrogen (secondary N) is 1. The Morgan fingerprint density at radius 1 is 1.33 bits per heavy atom. The Labute approximate surface area is 124 Å². The first-order valence-electron chi connectivity index (χ1n) is 5.66. The Morgan fingerprint density at radius 3 is 2.62 bits per heavy atom. The van der Waals surface area contributed by atoms with E-state index in [0.29, 0.717) is 10.1 Å². The fourth-order valence-electron chi connectivity index (χ4n) is 1.74. The van der Waals surface area contributed by atoms with Gasteiger partial charge in [0, 0.05) is 10.1 Å². The monoisotopic (exact) mass is 329 g/mol. The first kappa shape index (κ1) is 15.3. The minimum Gasteiger partial charge on any atom is -0.480 e. The Balaban J connectivity index is 2.55. The fraction of sp³-hybridized carbons (Fsp3) is 0.167. The summed E-state index contributed by atoms with van der Waals surface area (Å²) in [6.07, 6.45) is 0. The molecule has 0 aliphatic heterocycles. The molecule has 0 atom stereocenters. The molecule has 0 fully saturated rings. The summed E-state index contributed by atoms with van der Waals surface area (Å²) in [5, 5.41) is 9.12. The zero-order valence-corrected chi connectivity index (χ0v) is 12.5. The summed E-state index contributed by atoms with van der Waals surface area (Å²) in [6, 6.07) is 6.79. The minimum atomic E-state index is -4.11. The average Bonchev–Trinajstić information content (AvgIpc) is 2.75. The summed E-state index contributed by atoms with van der Waals surface area (Å²) in [4.78, 5) is 22.4. The van der Waals surface area contributed by atoms with E-state index in [2.05, 4.69) is 9.46 Å². The summed E-state index contributed by atoms with van der Waals surface area (Å²) in [5.74, 6) is -3.26. The molecule has 2 aromatic rings. The van der Waals surface area contributed by atoms with Gasteiger partial charge in [0.25, 0.3) is 0 Å². The van der Waals surface area contributed by atoms with Crippen LogP contribution in [0, 0.1) is 0 Å². The number of hydrogen-bond donors (Lipinski definition) is 2. The molecule has 0 amide bonds. The molecule has 1 aromatic carbocycles. The third-order valence-corrected chi connectivity index (χ3v) is 4.83. The van der Waals surface area contributed by atoms with Gasteiger partial charge >= 0.3 is 11.9 Å². The van der Waals surface area contributed by atoms with E-state index < -0.39 is 27.7 Å². The van der Waals surface area contributed by atoms with Crippen LogP contribution < -0.4 is 4.72 Å². The lowest BCUT2D eigenvalue weighted by atomic mass is 10.2. The van der Waals surface area contributed by atoms with Crippen LogP contribution in [0.1, 0.15) is 9.67 Å². The number of sulfonamides is 1. The molecule has 9 heteroatoms. The second kappa shape index (κ2) is 5.70. The van der Waals surface area contributed by atoms with Gasteiger partial charge in [-0.25, -0.2) is 13.2 Å². The molecule has 2 N–H and O–H groups in total. The molecule has 1 heterocycles. The highest BCUT2D eigenvalue weighted by Gasteiger charge is 2.24. The zero-order valence-electron chi connectivity index (χ0n) is 10.8. The number of anilines is 1. The number of benzene rings is 1. The average molecular weight is 329 g/mol. The summed E-state index contributed by atoms with van der Waals surface area (Å²) >= 11 is 1.07. The maximum absolute atomic E-state index is 11.8. The molecule has 0 saturated heterocycles. The number of fused-ring (bicyclic) bond motifs is 1. The van der Waals surface area contributed by atoms with Gasteiger partial charge in [-0.1, -0.05) is 18.2 Å². The Kier molecular flexibility index (Phi) is 4.14. The lowest BCUT2D eigenvalue weighted by molar-refractivity contribution is -0.134. The molecular formula is C12H11NO6S2. The quantitative estimate of drug-likeness (QED) is 0.805. The number of aliphatic carboxylic acids is 1. The van der Waals surface area contributed by atoms with E-state index in [1.165, 1.54) is 7.11 Å². The van der Waals surface area contributed by atoms with Crippen LogP contribution in [0.2, 0.25) is 0 Å². The van der Waals surface area contributed by atoms with Gasteiger partial charge in [-0.15, -0.1) is 11.3 Å². The number of thiophene rings is 1. The van der Waals surface area contributed by atoms with Crippen molar-refractivity contribution >= 4 is 49.1 Å². The van der Waals surface area contributed by atoms with Crippen LogP contribution in [-0.2, 0) is 19.6 Å². The number of carbonyl (C=O) groups is 2. The molecule has 0 bridgehead atoms. The van der Waals surface area contributed by atoms with Crippen molar-refractivity contribution in [2.24, 2.45) is 0 Å². The molecule has 112 valence electrons. The highest BCUT2D eigenvalue weighted by molar-refractivity contribution is 7.93. The van der Waals surface area contributed by atoms with Crippen molar-refractivity contribution < 1.29 is 27.9 Å². The molecule has 7 nitrogen and oxygen atoms in total.